The van der Waals surface area contributed by atoms with Crippen molar-refractivity contribution in [3.05, 3.63) is 59.3 Å². The first-order valence-electron chi connectivity index (χ1n) is 6.73. The molecule has 1 aliphatic rings. The van der Waals surface area contributed by atoms with Crippen LogP contribution in [0.4, 0.5) is 5.82 Å². The topological polar surface area (TPSA) is 50.9 Å². The minimum atomic E-state index is 0. The van der Waals surface area contributed by atoms with Crippen molar-refractivity contribution in [2.45, 2.75) is 31.8 Å². The number of pyridine rings is 1. The van der Waals surface area contributed by atoms with E-state index in [2.05, 4.69) is 47.6 Å². The van der Waals surface area contributed by atoms with Gasteiger partial charge in [-0.25, -0.2) is 4.98 Å². The average Bonchev–Trinajstić information content (AvgIpc) is 3.14. The van der Waals surface area contributed by atoms with Gasteiger partial charge in [-0.3, -0.25) is 0 Å². The minimum absolute atomic E-state index is 0. The zero-order chi connectivity index (χ0) is 13.2. The third kappa shape index (κ3) is 3.50. The van der Waals surface area contributed by atoms with Crippen molar-refractivity contribution in [3.8, 4) is 0 Å². The van der Waals surface area contributed by atoms with Crippen LogP contribution in [0, 0.1) is 6.92 Å². The largest absolute Gasteiger partial charge is 0.366 e. The molecule has 106 valence electrons. The number of anilines is 1. The number of nitrogens with two attached hydrogens (primary N) is 1. The fraction of sp³-hybridized carbons (Fsp3) is 0.312. The van der Waals surface area contributed by atoms with Crippen LogP contribution in [0.3, 0.4) is 0 Å². The minimum Gasteiger partial charge on any atom is -0.366 e. The molecule has 3 N–H and O–H groups in total. The molecule has 1 fully saturated rings. The summed E-state index contributed by atoms with van der Waals surface area (Å²) in [7, 11) is 0. The van der Waals surface area contributed by atoms with Gasteiger partial charge in [0.2, 0.25) is 0 Å². The molecule has 1 aromatic heterocycles. The van der Waals surface area contributed by atoms with Crippen molar-refractivity contribution >= 4 is 18.2 Å². The first-order valence-corrected chi connectivity index (χ1v) is 6.73. The summed E-state index contributed by atoms with van der Waals surface area (Å²) >= 11 is 0. The number of hydrogen-bond acceptors (Lipinski definition) is 3. The molecule has 0 saturated heterocycles. The number of halogens is 1. The summed E-state index contributed by atoms with van der Waals surface area (Å²) < 4.78 is 0. The van der Waals surface area contributed by atoms with E-state index in [1.165, 1.54) is 16.7 Å². The highest BCUT2D eigenvalue weighted by molar-refractivity contribution is 5.85. The highest BCUT2D eigenvalue weighted by atomic mass is 35.5. The Kier molecular flexibility index (Phi) is 4.63. The van der Waals surface area contributed by atoms with Crippen LogP contribution >= 0.6 is 12.4 Å². The molecule has 0 spiro atoms. The van der Waals surface area contributed by atoms with Crippen LogP contribution in [0.15, 0.2) is 42.6 Å². The molecule has 20 heavy (non-hydrogen) atoms. The van der Waals surface area contributed by atoms with E-state index in [-0.39, 0.29) is 12.4 Å². The average molecular weight is 290 g/mol. The zero-order valence-electron chi connectivity index (χ0n) is 11.5. The van der Waals surface area contributed by atoms with E-state index in [9.17, 15) is 0 Å². The molecular weight excluding hydrogens is 270 g/mol. The summed E-state index contributed by atoms with van der Waals surface area (Å²) in [6, 6.07) is 13.0. The number of benzene rings is 1. The Hall–Kier alpha value is -1.58. The lowest BCUT2D eigenvalue weighted by Crippen LogP contribution is -2.03. The van der Waals surface area contributed by atoms with Gasteiger partial charge in [-0.15, -0.1) is 12.4 Å². The Labute approximate surface area is 126 Å². The van der Waals surface area contributed by atoms with Gasteiger partial charge >= 0.3 is 0 Å². The van der Waals surface area contributed by atoms with Crippen molar-refractivity contribution in [1.82, 2.24) is 4.98 Å². The normalized spacial score (nSPS) is 20.1. The van der Waals surface area contributed by atoms with Gasteiger partial charge in [0.15, 0.2) is 0 Å². The van der Waals surface area contributed by atoms with Crippen LogP contribution in [0.1, 0.15) is 29.0 Å². The van der Waals surface area contributed by atoms with Gasteiger partial charge < -0.3 is 11.1 Å². The molecular formula is C16H20ClN3. The molecule has 3 rings (SSSR count). The highest BCUT2D eigenvalue weighted by Crippen LogP contribution is 2.38. The summed E-state index contributed by atoms with van der Waals surface area (Å²) in [6.07, 6.45) is 3.04. The van der Waals surface area contributed by atoms with Gasteiger partial charge in [0.05, 0.1) is 0 Å². The van der Waals surface area contributed by atoms with Crippen molar-refractivity contribution < 1.29 is 0 Å². The third-order valence-electron chi connectivity index (χ3n) is 3.61. The summed E-state index contributed by atoms with van der Waals surface area (Å²) in [5.74, 6) is 1.44. The number of aryl methyl sites for hydroxylation is 1. The van der Waals surface area contributed by atoms with E-state index < -0.39 is 0 Å². The van der Waals surface area contributed by atoms with Crippen LogP contribution in [0.25, 0.3) is 0 Å². The van der Waals surface area contributed by atoms with Gasteiger partial charge in [-0.1, -0.05) is 35.9 Å². The molecule has 0 bridgehead atoms. The Morgan fingerprint density at radius 2 is 2.10 bits per heavy atom. The predicted octanol–water partition coefficient (Wildman–Crippen LogP) is 3.24. The smallest absolute Gasteiger partial charge is 0.126 e. The van der Waals surface area contributed by atoms with E-state index in [0.717, 1.165) is 18.8 Å². The molecule has 4 heteroatoms. The van der Waals surface area contributed by atoms with Crippen molar-refractivity contribution in [2.75, 3.05) is 5.32 Å². The predicted molar refractivity (Wildman–Crippen MR) is 85.3 cm³/mol. The lowest BCUT2D eigenvalue weighted by atomic mass is 10.1. The maximum Gasteiger partial charge on any atom is 0.126 e. The van der Waals surface area contributed by atoms with Gasteiger partial charge in [0, 0.05) is 24.7 Å². The summed E-state index contributed by atoms with van der Waals surface area (Å²) in [6.45, 7) is 2.91. The van der Waals surface area contributed by atoms with Gasteiger partial charge in [-0.05, 0) is 30.5 Å². The quantitative estimate of drug-likeness (QED) is 0.908. The molecule has 2 atom stereocenters. The molecule has 1 saturated carbocycles. The second kappa shape index (κ2) is 6.25. The summed E-state index contributed by atoms with van der Waals surface area (Å²) in [5.41, 5.74) is 9.66. The van der Waals surface area contributed by atoms with E-state index in [1.54, 1.807) is 0 Å². The van der Waals surface area contributed by atoms with Crippen LogP contribution in [0.5, 0.6) is 0 Å². The molecule has 2 unspecified atom stereocenters. The molecule has 0 aliphatic heterocycles. The number of aromatic nitrogens is 1. The van der Waals surface area contributed by atoms with E-state index in [0.29, 0.717) is 12.0 Å². The Morgan fingerprint density at radius 3 is 2.70 bits per heavy atom. The zero-order valence-corrected chi connectivity index (χ0v) is 12.4. The Morgan fingerprint density at radius 1 is 1.30 bits per heavy atom. The van der Waals surface area contributed by atoms with Crippen LogP contribution in [-0.4, -0.2) is 11.0 Å². The maximum absolute atomic E-state index is 5.84. The third-order valence-corrected chi connectivity index (χ3v) is 3.61. The molecule has 0 radical (unpaired) electrons. The maximum atomic E-state index is 5.84. The lowest BCUT2D eigenvalue weighted by molar-refractivity contribution is 0.978. The number of hydrogen-bond donors (Lipinski definition) is 2. The summed E-state index contributed by atoms with van der Waals surface area (Å²) in [4.78, 5) is 4.45. The van der Waals surface area contributed by atoms with E-state index in [1.807, 2.05) is 12.3 Å². The molecule has 3 nitrogen and oxygen atoms in total. The highest BCUT2D eigenvalue weighted by Gasteiger charge is 2.34. The van der Waals surface area contributed by atoms with Crippen molar-refractivity contribution in [2.24, 2.45) is 5.73 Å². The van der Waals surface area contributed by atoms with Gasteiger partial charge in [0.25, 0.3) is 0 Å². The number of nitrogens with zero attached hydrogens (tertiary/aromatic N) is 1. The monoisotopic (exact) mass is 289 g/mol. The molecule has 1 aliphatic carbocycles. The summed E-state index contributed by atoms with van der Waals surface area (Å²) in [5, 5.41) is 3.34. The van der Waals surface area contributed by atoms with Crippen molar-refractivity contribution in [1.29, 1.82) is 0 Å². The second-order valence-electron chi connectivity index (χ2n) is 5.33. The molecule has 1 aromatic carbocycles. The van der Waals surface area contributed by atoms with Crippen LogP contribution in [-0.2, 0) is 6.54 Å². The molecule has 1 heterocycles. The first kappa shape index (κ1) is 14.8. The van der Waals surface area contributed by atoms with Crippen molar-refractivity contribution in [3.63, 3.8) is 0 Å². The second-order valence-corrected chi connectivity index (χ2v) is 5.33. The Bertz CT molecular complexity index is 568. The molecule has 2 aromatic rings. The van der Waals surface area contributed by atoms with Gasteiger partial charge in [-0.2, -0.15) is 0 Å². The van der Waals surface area contributed by atoms with Crippen LogP contribution in [0.2, 0.25) is 0 Å². The van der Waals surface area contributed by atoms with Gasteiger partial charge in [0.1, 0.15) is 5.82 Å². The number of rotatable bonds is 4. The fourth-order valence-corrected chi connectivity index (χ4v) is 2.34. The Balaban J connectivity index is 0.00000147. The van der Waals surface area contributed by atoms with Crippen LogP contribution < -0.4 is 11.1 Å². The van der Waals surface area contributed by atoms with E-state index >= 15 is 0 Å². The lowest BCUT2D eigenvalue weighted by Gasteiger charge is -2.07. The molecule has 0 amide bonds. The first-order chi connectivity index (χ1) is 9.22. The number of nitrogens with one attached hydrogen (secondary N) is 1. The standard InChI is InChI=1S/C16H19N3.ClH/c1-11-3-2-4-12(7-11)9-18-16-6-5-13(10-19-16)14-8-15(14)17;/h2-7,10,14-15H,8-9,17H2,1H3,(H,18,19);1H. The SMILES string of the molecule is Cc1cccc(CNc2ccc(C3CC3N)cn2)c1.Cl. The fourth-order valence-electron chi connectivity index (χ4n) is 2.34. The van der Waals surface area contributed by atoms with E-state index in [4.69, 9.17) is 5.73 Å².